The van der Waals surface area contributed by atoms with Crippen LogP contribution < -0.4 is 5.32 Å². The van der Waals surface area contributed by atoms with Crippen LogP contribution in [0.2, 0.25) is 0 Å². The maximum Gasteiger partial charge on any atom is 0.238 e. The first-order valence-corrected chi connectivity index (χ1v) is 7.55. The van der Waals surface area contributed by atoms with Gasteiger partial charge in [0, 0.05) is 18.2 Å². The lowest BCUT2D eigenvalue weighted by Gasteiger charge is -2.42. The number of carbonyl (C=O) groups is 1. The van der Waals surface area contributed by atoms with E-state index in [4.69, 9.17) is 0 Å². The molecule has 0 saturated carbocycles. The third kappa shape index (κ3) is 2.68. The van der Waals surface area contributed by atoms with Gasteiger partial charge in [0.25, 0.3) is 0 Å². The minimum Gasteiger partial charge on any atom is -0.318 e. The van der Waals surface area contributed by atoms with Gasteiger partial charge in [-0.05, 0) is 32.0 Å². The van der Waals surface area contributed by atoms with Crippen LogP contribution in [-0.2, 0) is 4.79 Å². The molecule has 4 nitrogen and oxygen atoms in total. The highest BCUT2D eigenvalue weighted by molar-refractivity contribution is 5.81. The second kappa shape index (κ2) is 5.73. The first-order valence-electron chi connectivity index (χ1n) is 7.55. The van der Waals surface area contributed by atoms with E-state index in [1.807, 2.05) is 11.0 Å². The van der Waals surface area contributed by atoms with Gasteiger partial charge in [-0.3, -0.25) is 10.1 Å². The lowest BCUT2D eigenvalue weighted by Crippen LogP contribution is -2.51. The van der Waals surface area contributed by atoms with E-state index < -0.39 is 0 Å². The highest BCUT2D eigenvalue weighted by Gasteiger charge is 2.41. The van der Waals surface area contributed by atoms with Crippen LogP contribution in [0.4, 0.5) is 4.39 Å². The Morgan fingerprint density at radius 2 is 2.10 bits per heavy atom. The largest absolute Gasteiger partial charge is 0.318 e. The van der Waals surface area contributed by atoms with Gasteiger partial charge in [0.15, 0.2) is 0 Å². The number of nitrogens with zero attached hydrogens (tertiary/aromatic N) is 2. The first-order chi connectivity index (χ1) is 10.1. The molecule has 2 saturated heterocycles. The first kappa shape index (κ1) is 14.5. The summed E-state index contributed by atoms with van der Waals surface area (Å²) in [6, 6.07) is 6.89. The average molecular weight is 291 g/mol. The highest BCUT2D eigenvalue weighted by atomic mass is 19.1. The van der Waals surface area contributed by atoms with Gasteiger partial charge in [-0.1, -0.05) is 25.1 Å². The lowest BCUT2D eigenvalue weighted by atomic mass is 9.92. The summed E-state index contributed by atoms with van der Waals surface area (Å²) < 4.78 is 14.1. The summed E-state index contributed by atoms with van der Waals surface area (Å²) in [5, 5.41) is 3.17. The van der Waals surface area contributed by atoms with E-state index in [1.165, 1.54) is 6.07 Å². The zero-order chi connectivity index (χ0) is 15.0. The molecule has 2 aliphatic rings. The minimum atomic E-state index is -0.338. The molecule has 0 aliphatic carbocycles. The summed E-state index contributed by atoms with van der Waals surface area (Å²) >= 11 is 0. The van der Waals surface area contributed by atoms with Crippen molar-refractivity contribution in [2.24, 2.45) is 5.92 Å². The number of amides is 1. The third-order valence-electron chi connectivity index (χ3n) is 4.63. The molecule has 3 atom stereocenters. The molecule has 3 unspecified atom stereocenters. The van der Waals surface area contributed by atoms with Crippen LogP contribution in [0.5, 0.6) is 0 Å². The molecule has 0 radical (unpaired) electrons. The molecule has 2 aliphatic heterocycles. The molecular formula is C16H22FN3O. The maximum atomic E-state index is 14.1. The Kier molecular flexibility index (Phi) is 3.95. The molecule has 114 valence electrons. The molecule has 3 rings (SSSR count). The zero-order valence-corrected chi connectivity index (χ0v) is 12.6. The summed E-state index contributed by atoms with van der Waals surface area (Å²) in [6.07, 6.45) is 0.602. The maximum absolute atomic E-state index is 14.1. The fourth-order valence-electron chi connectivity index (χ4n) is 3.61. The van der Waals surface area contributed by atoms with Gasteiger partial charge in [0.1, 0.15) is 12.0 Å². The number of hydrogen-bond donors (Lipinski definition) is 1. The number of hydrogen-bond acceptors (Lipinski definition) is 3. The van der Waals surface area contributed by atoms with Crippen molar-refractivity contribution in [3.8, 4) is 0 Å². The van der Waals surface area contributed by atoms with E-state index >= 15 is 0 Å². The summed E-state index contributed by atoms with van der Waals surface area (Å²) in [6.45, 7) is 4.41. The molecule has 1 amide bonds. The number of piperidine rings is 1. The van der Waals surface area contributed by atoms with E-state index in [-0.39, 0.29) is 30.5 Å². The van der Waals surface area contributed by atoms with Crippen LogP contribution in [0.15, 0.2) is 24.3 Å². The Morgan fingerprint density at radius 3 is 2.81 bits per heavy atom. The van der Waals surface area contributed by atoms with Gasteiger partial charge in [-0.2, -0.15) is 0 Å². The molecule has 1 aromatic carbocycles. The molecular weight excluding hydrogens is 269 g/mol. The van der Waals surface area contributed by atoms with Crippen LogP contribution in [0.25, 0.3) is 0 Å². The Morgan fingerprint density at radius 1 is 1.33 bits per heavy atom. The Hall–Kier alpha value is -1.46. The topological polar surface area (TPSA) is 35.6 Å². The number of carbonyl (C=O) groups excluding carboxylic acids is 1. The van der Waals surface area contributed by atoms with E-state index in [2.05, 4.69) is 24.2 Å². The van der Waals surface area contributed by atoms with E-state index in [1.54, 1.807) is 12.1 Å². The summed E-state index contributed by atoms with van der Waals surface area (Å²) in [5.41, 5.74) is 0.564. The summed E-state index contributed by atoms with van der Waals surface area (Å²) in [4.78, 5) is 16.5. The molecule has 1 aromatic rings. The smallest absolute Gasteiger partial charge is 0.238 e. The number of likely N-dealkylation sites (tertiary alicyclic amines) is 1. The summed E-state index contributed by atoms with van der Waals surface area (Å²) in [5.74, 6) is 0.210. The van der Waals surface area contributed by atoms with Crippen molar-refractivity contribution in [3.63, 3.8) is 0 Å². The normalized spacial score (nSPS) is 30.9. The molecule has 2 fully saturated rings. The molecule has 0 bridgehead atoms. The van der Waals surface area contributed by atoms with Gasteiger partial charge in [0.2, 0.25) is 5.91 Å². The number of halogens is 1. The number of benzene rings is 1. The van der Waals surface area contributed by atoms with Crippen molar-refractivity contribution in [1.29, 1.82) is 0 Å². The van der Waals surface area contributed by atoms with Gasteiger partial charge in [-0.15, -0.1) is 0 Å². The minimum absolute atomic E-state index is 0.0738. The van der Waals surface area contributed by atoms with Crippen molar-refractivity contribution in [3.05, 3.63) is 35.6 Å². The van der Waals surface area contributed by atoms with Crippen LogP contribution in [0.1, 0.15) is 25.1 Å². The van der Waals surface area contributed by atoms with Crippen LogP contribution in [0, 0.1) is 11.7 Å². The predicted molar refractivity (Wildman–Crippen MR) is 79.1 cm³/mol. The van der Waals surface area contributed by atoms with Crippen LogP contribution >= 0.6 is 0 Å². The van der Waals surface area contributed by atoms with E-state index in [0.29, 0.717) is 11.5 Å². The highest BCUT2D eigenvalue weighted by Crippen LogP contribution is 2.32. The molecule has 21 heavy (non-hydrogen) atoms. The molecule has 0 aromatic heterocycles. The second-order valence-corrected chi connectivity index (χ2v) is 6.20. The monoisotopic (exact) mass is 291 g/mol. The molecule has 5 heteroatoms. The fraction of sp³-hybridized carbons (Fsp3) is 0.562. The SMILES string of the molecule is CC1CN(C)CCC1N1C(=O)CNC1c1ccccc1F. The van der Waals surface area contributed by atoms with Crippen molar-refractivity contribution >= 4 is 5.91 Å². The number of nitrogens with one attached hydrogen (secondary N) is 1. The second-order valence-electron chi connectivity index (χ2n) is 6.20. The van der Waals surface area contributed by atoms with Crippen molar-refractivity contribution in [2.75, 3.05) is 26.7 Å². The Bertz CT molecular complexity index is 536. The quantitative estimate of drug-likeness (QED) is 0.899. The fourth-order valence-corrected chi connectivity index (χ4v) is 3.61. The van der Waals surface area contributed by atoms with E-state index in [9.17, 15) is 9.18 Å². The van der Waals surface area contributed by atoms with Gasteiger partial charge >= 0.3 is 0 Å². The molecule has 1 N–H and O–H groups in total. The molecule has 0 spiro atoms. The van der Waals surface area contributed by atoms with Gasteiger partial charge in [0.05, 0.1) is 6.54 Å². The predicted octanol–water partition coefficient (Wildman–Crippen LogP) is 1.60. The molecule has 2 heterocycles. The van der Waals surface area contributed by atoms with Gasteiger partial charge < -0.3 is 9.80 Å². The van der Waals surface area contributed by atoms with Crippen LogP contribution in [0.3, 0.4) is 0 Å². The Balaban J connectivity index is 1.88. The van der Waals surface area contributed by atoms with E-state index in [0.717, 1.165) is 19.5 Å². The zero-order valence-electron chi connectivity index (χ0n) is 12.6. The average Bonchev–Trinajstić information content (AvgIpc) is 2.81. The summed E-state index contributed by atoms with van der Waals surface area (Å²) in [7, 11) is 2.10. The number of rotatable bonds is 2. The van der Waals surface area contributed by atoms with Crippen LogP contribution in [-0.4, -0.2) is 48.4 Å². The van der Waals surface area contributed by atoms with Crippen molar-refractivity contribution in [2.45, 2.75) is 25.6 Å². The standard InChI is InChI=1S/C16H22FN3O/c1-11-10-19(2)8-7-14(11)20-15(21)9-18-16(20)12-5-3-4-6-13(12)17/h3-6,11,14,16,18H,7-10H2,1-2H3. The van der Waals surface area contributed by atoms with Gasteiger partial charge in [-0.25, -0.2) is 4.39 Å². The van der Waals surface area contributed by atoms with Crippen molar-refractivity contribution in [1.82, 2.24) is 15.1 Å². The Labute approximate surface area is 124 Å². The van der Waals surface area contributed by atoms with Crippen molar-refractivity contribution < 1.29 is 9.18 Å². The lowest BCUT2D eigenvalue weighted by molar-refractivity contribution is -0.132. The third-order valence-corrected chi connectivity index (χ3v) is 4.63.